The van der Waals surface area contributed by atoms with E-state index >= 15 is 0 Å². The zero-order valence-corrected chi connectivity index (χ0v) is 12.0. The quantitative estimate of drug-likeness (QED) is 0.611. The number of nitrogen functional groups attached to an aromatic ring is 1. The first-order chi connectivity index (χ1) is 9.65. The average Bonchev–Trinajstić information content (AvgIpc) is 2.67. The van der Waals surface area contributed by atoms with E-state index < -0.39 is 0 Å². The molecule has 1 aromatic heterocycles. The zero-order valence-electron chi connectivity index (χ0n) is 12.0. The highest BCUT2D eigenvalue weighted by Crippen LogP contribution is 2.15. The topological polar surface area (TPSA) is 87.4 Å². The van der Waals surface area contributed by atoms with Crippen LogP contribution in [0.15, 0.2) is 12.4 Å². The number of nitrogens with zero attached hydrogens (tertiary/aromatic N) is 4. The van der Waals surface area contributed by atoms with Crippen LogP contribution in [0.3, 0.4) is 0 Å². The fraction of sp³-hybridized carbons (Fsp3) is 0.615. The second-order valence-electron chi connectivity index (χ2n) is 5.11. The van der Waals surface area contributed by atoms with Crippen molar-refractivity contribution in [1.29, 1.82) is 0 Å². The van der Waals surface area contributed by atoms with E-state index in [9.17, 15) is 4.79 Å². The van der Waals surface area contributed by atoms with Gasteiger partial charge in [-0.15, -0.1) is 0 Å². The van der Waals surface area contributed by atoms with Gasteiger partial charge in [-0.05, 0) is 26.4 Å². The Morgan fingerprint density at radius 2 is 2.30 bits per heavy atom. The predicted molar refractivity (Wildman–Crippen MR) is 77.1 cm³/mol. The van der Waals surface area contributed by atoms with Gasteiger partial charge in [-0.2, -0.15) is 0 Å². The smallest absolute Gasteiger partial charge is 0.274 e. The van der Waals surface area contributed by atoms with Gasteiger partial charge in [0.1, 0.15) is 5.69 Å². The molecule has 2 rings (SSSR count). The number of rotatable bonds is 3. The maximum absolute atomic E-state index is 12.6. The first-order valence-electron chi connectivity index (χ1n) is 6.94. The van der Waals surface area contributed by atoms with Gasteiger partial charge in [0.2, 0.25) is 0 Å². The van der Waals surface area contributed by atoms with Crippen molar-refractivity contribution in [3.63, 3.8) is 0 Å². The van der Waals surface area contributed by atoms with Crippen LogP contribution in [0.5, 0.6) is 0 Å². The van der Waals surface area contributed by atoms with Gasteiger partial charge in [0, 0.05) is 19.1 Å². The molecule has 0 aliphatic carbocycles. The predicted octanol–water partition coefficient (Wildman–Crippen LogP) is 0.319. The van der Waals surface area contributed by atoms with Crippen LogP contribution >= 0.6 is 0 Å². The Morgan fingerprint density at radius 1 is 1.50 bits per heavy atom. The largest absolute Gasteiger partial charge is 0.333 e. The van der Waals surface area contributed by atoms with E-state index in [-0.39, 0.29) is 11.9 Å². The van der Waals surface area contributed by atoms with Gasteiger partial charge in [-0.3, -0.25) is 9.78 Å². The molecular weight excluding hydrogens is 256 g/mol. The lowest BCUT2D eigenvalue weighted by Gasteiger charge is -2.29. The number of amides is 1. The Balaban J connectivity index is 2.20. The van der Waals surface area contributed by atoms with Gasteiger partial charge >= 0.3 is 0 Å². The number of hydrazine groups is 1. The van der Waals surface area contributed by atoms with Crippen LogP contribution in [0.2, 0.25) is 0 Å². The van der Waals surface area contributed by atoms with Crippen LogP contribution in [0.1, 0.15) is 30.3 Å². The first kappa shape index (κ1) is 14.7. The summed E-state index contributed by atoms with van der Waals surface area (Å²) in [6.45, 7) is 4.76. The summed E-state index contributed by atoms with van der Waals surface area (Å²) in [5.41, 5.74) is 2.75. The Bertz CT molecular complexity index is 466. The van der Waals surface area contributed by atoms with Crippen molar-refractivity contribution >= 4 is 11.7 Å². The first-order valence-corrected chi connectivity index (χ1v) is 6.94. The monoisotopic (exact) mass is 278 g/mol. The van der Waals surface area contributed by atoms with Crippen molar-refractivity contribution in [2.75, 3.05) is 32.1 Å². The van der Waals surface area contributed by atoms with Gasteiger partial charge in [0.05, 0.1) is 12.4 Å². The summed E-state index contributed by atoms with van der Waals surface area (Å²) in [5, 5.41) is 0. The van der Waals surface area contributed by atoms with Crippen molar-refractivity contribution in [1.82, 2.24) is 19.8 Å². The van der Waals surface area contributed by atoms with Crippen molar-refractivity contribution in [3.8, 4) is 0 Å². The normalized spacial score (nSPS) is 20.6. The summed E-state index contributed by atoms with van der Waals surface area (Å²) >= 11 is 0. The highest BCUT2D eigenvalue weighted by atomic mass is 16.2. The minimum atomic E-state index is -0.0725. The second kappa shape index (κ2) is 6.62. The van der Waals surface area contributed by atoms with E-state index in [1.165, 1.54) is 12.4 Å². The molecule has 3 N–H and O–H groups in total. The van der Waals surface area contributed by atoms with Gasteiger partial charge in [0.25, 0.3) is 5.91 Å². The van der Waals surface area contributed by atoms with Crippen LogP contribution < -0.4 is 11.3 Å². The minimum Gasteiger partial charge on any atom is -0.333 e. The number of hydrogen-bond donors (Lipinski definition) is 2. The lowest BCUT2D eigenvalue weighted by Crippen LogP contribution is -2.43. The van der Waals surface area contributed by atoms with Gasteiger partial charge in [-0.1, -0.05) is 6.92 Å². The summed E-state index contributed by atoms with van der Waals surface area (Å²) < 4.78 is 0. The number of likely N-dealkylation sites (N-methyl/N-ethyl adjacent to an activating group) is 1. The number of hydrogen-bond acceptors (Lipinski definition) is 6. The molecule has 1 atom stereocenters. The zero-order chi connectivity index (χ0) is 14.5. The highest BCUT2D eigenvalue weighted by molar-refractivity contribution is 5.92. The summed E-state index contributed by atoms with van der Waals surface area (Å²) in [6, 6.07) is 0.214. The third kappa shape index (κ3) is 3.23. The number of carbonyl (C=O) groups is 1. The molecule has 0 radical (unpaired) electrons. The number of nitrogens with one attached hydrogen (secondary N) is 1. The van der Waals surface area contributed by atoms with E-state index in [1.807, 2.05) is 4.90 Å². The standard InChI is InChI=1S/C13H22N6O/c1-3-10-9-18(2)5-4-6-19(10)13(20)11-7-15-8-12(16-11)17-14/h7-8,10H,3-6,9,14H2,1-2H3,(H,16,17). The van der Waals surface area contributed by atoms with Gasteiger partial charge < -0.3 is 15.2 Å². The Labute approximate surface area is 119 Å². The number of carbonyl (C=O) groups excluding carboxylic acids is 1. The van der Waals surface area contributed by atoms with E-state index in [0.717, 1.165) is 32.5 Å². The molecule has 0 aromatic carbocycles. The Kier molecular flexibility index (Phi) is 4.86. The molecule has 1 amide bonds. The molecule has 0 bridgehead atoms. The molecule has 0 saturated carbocycles. The van der Waals surface area contributed by atoms with Crippen LogP contribution in [0, 0.1) is 0 Å². The molecule has 1 unspecified atom stereocenters. The Morgan fingerprint density at radius 3 is 3.00 bits per heavy atom. The van der Waals surface area contributed by atoms with E-state index in [2.05, 4.69) is 34.3 Å². The molecule has 1 aliphatic heterocycles. The SMILES string of the molecule is CCC1CN(C)CCCN1C(=O)c1cncc(NN)n1. The second-order valence-corrected chi connectivity index (χ2v) is 5.11. The molecule has 20 heavy (non-hydrogen) atoms. The number of nitrogens with two attached hydrogens (primary N) is 1. The molecule has 1 fully saturated rings. The summed E-state index contributed by atoms with van der Waals surface area (Å²) in [4.78, 5) is 25.0. The highest BCUT2D eigenvalue weighted by Gasteiger charge is 2.27. The number of anilines is 1. The molecule has 7 heteroatoms. The minimum absolute atomic E-state index is 0.0725. The third-order valence-electron chi connectivity index (χ3n) is 3.64. The van der Waals surface area contributed by atoms with Gasteiger partial charge in [-0.25, -0.2) is 10.8 Å². The molecule has 7 nitrogen and oxygen atoms in total. The molecule has 1 saturated heterocycles. The molecule has 1 aliphatic rings. The van der Waals surface area contributed by atoms with Crippen molar-refractivity contribution < 1.29 is 4.79 Å². The fourth-order valence-electron chi connectivity index (χ4n) is 2.55. The van der Waals surface area contributed by atoms with Crippen molar-refractivity contribution in [2.45, 2.75) is 25.8 Å². The molecule has 110 valence electrons. The third-order valence-corrected chi connectivity index (χ3v) is 3.64. The number of aromatic nitrogens is 2. The molecule has 1 aromatic rings. The average molecular weight is 278 g/mol. The van der Waals surface area contributed by atoms with Crippen LogP contribution in [0.4, 0.5) is 5.82 Å². The summed E-state index contributed by atoms with van der Waals surface area (Å²) in [7, 11) is 2.09. The lowest BCUT2D eigenvalue weighted by atomic mass is 10.1. The van der Waals surface area contributed by atoms with Crippen LogP contribution in [-0.2, 0) is 0 Å². The molecule has 2 heterocycles. The Hall–Kier alpha value is -1.73. The van der Waals surface area contributed by atoms with E-state index in [0.29, 0.717) is 11.5 Å². The molecule has 0 spiro atoms. The molecular formula is C13H22N6O. The van der Waals surface area contributed by atoms with Crippen molar-refractivity contribution in [2.24, 2.45) is 5.84 Å². The van der Waals surface area contributed by atoms with Crippen molar-refractivity contribution in [3.05, 3.63) is 18.1 Å². The summed E-state index contributed by atoms with van der Waals surface area (Å²) in [5.74, 6) is 5.64. The van der Waals surface area contributed by atoms with Gasteiger partial charge in [0.15, 0.2) is 5.82 Å². The van der Waals surface area contributed by atoms with Crippen LogP contribution in [0.25, 0.3) is 0 Å². The summed E-state index contributed by atoms with van der Waals surface area (Å²) in [6.07, 6.45) is 4.88. The van der Waals surface area contributed by atoms with Crippen LogP contribution in [-0.4, -0.2) is 58.4 Å². The van der Waals surface area contributed by atoms with E-state index in [1.54, 1.807) is 0 Å². The lowest BCUT2D eigenvalue weighted by molar-refractivity contribution is 0.0669. The van der Waals surface area contributed by atoms with E-state index in [4.69, 9.17) is 5.84 Å². The maximum atomic E-state index is 12.6. The maximum Gasteiger partial charge on any atom is 0.274 e. The fourth-order valence-corrected chi connectivity index (χ4v) is 2.55.